The molecule has 1 saturated carbocycles. The third-order valence-electron chi connectivity index (χ3n) is 3.34. The van der Waals surface area contributed by atoms with Crippen molar-refractivity contribution >= 4 is 11.6 Å². The summed E-state index contributed by atoms with van der Waals surface area (Å²) in [6, 6.07) is 5.95. The van der Waals surface area contributed by atoms with Crippen molar-refractivity contribution in [3.05, 3.63) is 41.7 Å². The van der Waals surface area contributed by atoms with E-state index in [-0.39, 0.29) is 17.5 Å². The molecule has 0 saturated heterocycles. The number of hydrogen-bond acceptors (Lipinski definition) is 3. The van der Waals surface area contributed by atoms with Crippen molar-refractivity contribution in [2.45, 2.75) is 25.7 Å². The molecule has 5 nitrogen and oxygen atoms in total. The Kier molecular flexibility index (Phi) is 3.22. The molecule has 1 aromatic carbocycles. The zero-order chi connectivity index (χ0) is 14.1. The topological polar surface area (TPSA) is 61.9 Å². The molecule has 0 radical (unpaired) electrons. The highest BCUT2D eigenvalue weighted by atomic mass is 19.1. The molecule has 2 aromatic rings. The minimum absolute atomic E-state index is 0.137. The number of anilines is 1. The van der Waals surface area contributed by atoms with E-state index in [1.54, 1.807) is 12.1 Å². The van der Waals surface area contributed by atoms with Crippen LogP contribution in [0, 0.1) is 5.82 Å². The van der Waals surface area contributed by atoms with Gasteiger partial charge in [0, 0.05) is 18.2 Å². The van der Waals surface area contributed by atoms with Crippen molar-refractivity contribution in [2.75, 3.05) is 11.4 Å². The summed E-state index contributed by atoms with van der Waals surface area (Å²) >= 11 is 0. The number of hydrogen-bond donors (Lipinski definition) is 1. The molecular weight excluding hydrogens is 259 g/mol. The number of aromatic amines is 1. The maximum absolute atomic E-state index is 13.3. The Labute approximate surface area is 115 Å². The molecule has 0 spiro atoms. The second kappa shape index (κ2) is 5.03. The summed E-state index contributed by atoms with van der Waals surface area (Å²) < 4.78 is 13.3. The number of nitrogens with zero attached hydrogens (tertiary/aromatic N) is 3. The van der Waals surface area contributed by atoms with Crippen LogP contribution in [0.4, 0.5) is 10.1 Å². The first-order chi connectivity index (χ1) is 9.69. The number of amides is 1. The third-order valence-corrected chi connectivity index (χ3v) is 3.34. The highest BCUT2D eigenvalue weighted by molar-refractivity contribution is 6.03. The number of halogens is 1. The normalized spacial score (nSPS) is 14.3. The summed E-state index contributed by atoms with van der Waals surface area (Å²) in [5, 5.41) is 6.78. The summed E-state index contributed by atoms with van der Waals surface area (Å²) in [6.45, 7) is 2.26. The fourth-order valence-electron chi connectivity index (χ4n) is 2.12. The highest BCUT2D eigenvalue weighted by Crippen LogP contribution is 2.37. The fraction of sp³-hybridized carbons (Fsp3) is 0.357. The minimum atomic E-state index is -0.373. The van der Waals surface area contributed by atoms with Crippen molar-refractivity contribution in [3.8, 4) is 0 Å². The Hall–Kier alpha value is -2.24. The van der Waals surface area contributed by atoms with Gasteiger partial charge < -0.3 is 4.90 Å². The average molecular weight is 274 g/mol. The van der Waals surface area contributed by atoms with Crippen LogP contribution < -0.4 is 4.90 Å². The van der Waals surface area contributed by atoms with E-state index >= 15 is 0 Å². The van der Waals surface area contributed by atoms with E-state index in [9.17, 15) is 9.18 Å². The Morgan fingerprint density at radius 2 is 2.30 bits per heavy atom. The number of carbonyl (C=O) groups excluding carboxylic acids is 1. The van der Waals surface area contributed by atoms with Crippen LogP contribution in [0.3, 0.4) is 0 Å². The minimum Gasteiger partial charge on any atom is -0.306 e. The number of rotatable bonds is 4. The van der Waals surface area contributed by atoms with Gasteiger partial charge in [-0.15, -0.1) is 5.10 Å². The molecule has 0 aliphatic heterocycles. The molecule has 1 amide bonds. The van der Waals surface area contributed by atoms with Crippen molar-refractivity contribution < 1.29 is 9.18 Å². The average Bonchev–Trinajstić information content (AvgIpc) is 3.17. The molecule has 1 aliphatic rings. The largest absolute Gasteiger partial charge is 0.306 e. The Balaban J connectivity index is 1.85. The zero-order valence-electron chi connectivity index (χ0n) is 11.1. The number of H-pyrrole nitrogens is 1. The van der Waals surface area contributed by atoms with E-state index in [1.165, 1.54) is 17.0 Å². The fourth-order valence-corrected chi connectivity index (χ4v) is 2.12. The third kappa shape index (κ3) is 2.41. The summed E-state index contributed by atoms with van der Waals surface area (Å²) in [7, 11) is 0. The number of carbonyl (C=O) groups is 1. The van der Waals surface area contributed by atoms with Crippen LogP contribution in [0.15, 0.2) is 24.3 Å². The van der Waals surface area contributed by atoms with E-state index in [0.717, 1.165) is 18.7 Å². The van der Waals surface area contributed by atoms with Crippen molar-refractivity contribution in [1.82, 2.24) is 15.2 Å². The smallest absolute Gasteiger partial charge is 0.297 e. The van der Waals surface area contributed by atoms with Crippen LogP contribution in [-0.2, 0) is 0 Å². The molecule has 104 valence electrons. The van der Waals surface area contributed by atoms with Crippen molar-refractivity contribution in [2.24, 2.45) is 0 Å². The van der Waals surface area contributed by atoms with Gasteiger partial charge in [-0.05, 0) is 38.0 Å². The molecule has 1 heterocycles. The van der Waals surface area contributed by atoms with Gasteiger partial charge in [0.25, 0.3) is 5.91 Å². The van der Waals surface area contributed by atoms with Gasteiger partial charge >= 0.3 is 0 Å². The van der Waals surface area contributed by atoms with Crippen LogP contribution in [0.1, 0.15) is 42.1 Å². The predicted molar refractivity (Wildman–Crippen MR) is 72.1 cm³/mol. The Morgan fingerprint density at radius 1 is 1.50 bits per heavy atom. The van der Waals surface area contributed by atoms with Crippen LogP contribution >= 0.6 is 0 Å². The van der Waals surface area contributed by atoms with Crippen LogP contribution in [0.25, 0.3) is 0 Å². The van der Waals surface area contributed by atoms with Crippen LogP contribution in [0.2, 0.25) is 0 Å². The Bertz CT molecular complexity index is 636. The lowest BCUT2D eigenvalue weighted by Gasteiger charge is -2.19. The van der Waals surface area contributed by atoms with E-state index in [2.05, 4.69) is 15.2 Å². The predicted octanol–water partition coefficient (Wildman–Crippen LogP) is 2.49. The number of aromatic nitrogens is 3. The molecular formula is C14H15FN4O. The van der Waals surface area contributed by atoms with E-state index in [0.29, 0.717) is 18.2 Å². The van der Waals surface area contributed by atoms with Crippen LogP contribution in [-0.4, -0.2) is 27.6 Å². The lowest BCUT2D eigenvalue weighted by molar-refractivity contribution is 0.0978. The molecule has 0 atom stereocenters. The second-order valence-electron chi connectivity index (χ2n) is 4.85. The maximum Gasteiger partial charge on any atom is 0.297 e. The first kappa shape index (κ1) is 12.8. The van der Waals surface area contributed by atoms with Crippen molar-refractivity contribution in [3.63, 3.8) is 0 Å². The first-order valence-electron chi connectivity index (χ1n) is 6.68. The summed E-state index contributed by atoms with van der Waals surface area (Å²) in [6.07, 6.45) is 2.18. The summed E-state index contributed by atoms with van der Waals surface area (Å²) in [5.74, 6) is 0.624. The number of benzene rings is 1. The highest BCUT2D eigenvalue weighted by Gasteiger charge is 2.29. The maximum atomic E-state index is 13.3. The van der Waals surface area contributed by atoms with Gasteiger partial charge in [-0.25, -0.2) is 9.37 Å². The standard InChI is InChI=1S/C14H15FN4O/c1-2-19(11-5-3-4-10(15)8-11)14(20)13-16-12(17-18-13)9-6-7-9/h3-5,8-9H,2,6-7H2,1H3,(H,16,17,18). The molecule has 6 heteroatoms. The summed E-state index contributed by atoms with van der Waals surface area (Å²) in [4.78, 5) is 18.1. The molecule has 1 N–H and O–H groups in total. The van der Waals surface area contributed by atoms with Gasteiger partial charge in [0.15, 0.2) is 0 Å². The molecule has 20 heavy (non-hydrogen) atoms. The monoisotopic (exact) mass is 274 g/mol. The van der Waals surface area contributed by atoms with E-state index in [4.69, 9.17) is 0 Å². The number of nitrogens with one attached hydrogen (secondary N) is 1. The first-order valence-corrected chi connectivity index (χ1v) is 6.68. The Morgan fingerprint density at radius 3 is 2.95 bits per heavy atom. The molecule has 0 bridgehead atoms. The van der Waals surface area contributed by atoms with E-state index < -0.39 is 0 Å². The lowest BCUT2D eigenvalue weighted by atomic mass is 10.2. The van der Waals surface area contributed by atoms with Crippen molar-refractivity contribution in [1.29, 1.82) is 0 Å². The molecule has 1 fully saturated rings. The van der Waals surface area contributed by atoms with Crippen LogP contribution in [0.5, 0.6) is 0 Å². The zero-order valence-corrected chi connectivity index (χ0v) is 11.1. The lowest BCUT2D eigenvalue weighted by Crippen LogP contribution is -2.31. The van der Waals surface area contributed by atoms with Gasteiger partial charge in [0.2, 0.25) is 5.82 Å². The van der Waals surface area contributed by atoms with Gasteiger partial charge in [-0.1, -0.05) is 6.07 Å². The molecule has 0 unspecified atom stereocenters. The molecule has 1 aliphatic carbocycles. The summed E-state index contributed by atoms with van der Waals surface area (Å²) in [5.41, 5.74) is 0.510. The van der Waals surface area contributed by atoms with Gasteiger partial charge in [0.1, 0.15) is 11.6 Å². The second-order valence-corrected chi connectivity index (χ2v) is 4.85. The quantitative estimate of drug-likeness (QED) is 0.931. The molecule has 3 rings (SSSR count). The SMILES string of the molecule is CCN(C(=O)c1n[nH]c(C2CC2)n1)c1cccc(F)c1. The van der Waals surface area contributed by atoms with Gasteiger partial charge in [0.05, 0.1) is 0 Å². The van der Waals surface area contributed by atoms with E-state index in [1.807, 2.05) is 6.92 Å². The molecule has 1 aromatic heterocycles. The van der Waals surface area contributed by atoms with Gasteiger partial charge in [-0.2, -0.15) is 0 Å². The van der Waals surface area contributed by atoms with Gasteiger partial charge in [-0.3, -0.25) is 9.89 Å².